The maximum Gasteiger partial charge on any atom is 0.156 e. The Morgan fingerprint density at radius 2 is 2.07 bits per heavy atom. The van der Waals surface area contributed by atoms with Crippen molar-refractivity contribution in [3.8, 4) is 0 Å². The van der Waals surface area contributed by atoms with Crippen LogP contribution in [0.1, 0.15) is 31.2 Å². The van der Waals surface area contributed by atoms with Crippen LogP contribution < -0.4 is 10.6 Å². The molecule has 1 aromatic carbocycles. The van der Waals surface area contributed by atoms with E-state index in [4.69, 9.17) is 15.7 Å². The number of aromatic nitrogens is 3. The van der Waals surface area contributed by atoms with Crippen LogP contribution in [0.3, 0.4) is 0 Å². The molecule has 3 N–H and O–H groups in total. The van der Waals surface area contributed by atoms with Gasteiger partial charge in [0.25, 0.3) is 0 Å². The van der Waals surface area contributed by atoms with Gasteiger partial charge in [0.2, 0.25) is 0 Å². The number of pyridine rings is 1. The topological polar surface area (TPSA) is 83.2 Å². The van der Waals surface area contributed by atoms with Crippen molar-refractivity contribution in [3.05, 3.63) is 78.4 Å². The molecule has 3 aromatic rings. The Morgan fingerprint density at radius 1 is 1.21 bits per heavy atom. The highest BCUT2D eigenvalue weighted by Gasteiger charge is 2.21. The van der Waals surface area contributed by atoms with Crippen molar-refractivity contribution in [2.24, 2.45) is 10.7 Å². The number of nitrogens with zero attached hydrogens (tertiary/aromatic N) is 4. The Hall–Kier alpha value is -3.41. The number of nitrogens with one attached hydrogen (secondary N) is 1. The van der Waals surface area contributed by atoms with Crippen LogP contribution in [0.25, 0.3) is 5.70 Å². The predicted molar refractivity (Wildman–Crippen MR) is 114 cm³/mol. The summed E-state index contributed by atoms with van der Waals surface area (Å²) in [5, 5.41) is 0. The van der Waals surface area contributed by atoms with Gasteiger partial charge in [0.05, 0.1) is 0 Å². The highest BCUT2D eigenvalue weighted by Crippen LogP contribution is 2.25. The summed E-state index contributed by atoms with van der Waals surface area (Å²) in [5.41, 5.74) is 8.52. The van der Waals surface area contributed by atoms with Crippen LogP contribution >= 0.6 is 0 Å². The lowest BCUT2D eigenvalue weighted by atomic mass is 10.1. The minimum Gasteiger partial charge on any atom is -0.398 e. The van der Waals surface area contributed by atoms with Gasteiger partial charge in [0.1, 0.15) is 11.5 Å². The molecule has 6 nitrogen and oxygen atoms in total. The molecule has 142 valence electrons. The molecule has 6 heteroatoms. The number of benzene rings is 1. The number of aliphatic imine (C=N–C) groups is 1. The summed E-state index contributed by atoms with van der Waals surface area (Å²) in [6.07, 6.45) is 7.70. The molecule has 1 aliphatic rings. The van der Waals surface area contributed by atoms with Gasteiger partial charge >= 0.3 is 0 Å². The van der Waals surface area contributed by atoms with Gasteiger partial charge in [-0.25, -0.2) is 15.0 Å². The Labute approximate surface area is 164 Å². The van der Waals surface area contributed by atoms with Gasteiger partial charge in [0.15, 0.2) is 11.6 Å². The Bertz CT molecular complexity index is 975. The lowest BCUT2D eigenvalue weighted by Crippen LogP contribution is -2.26. The first kappa shape index (κ1) is 18.0. The Balaban J connectivity index is 1.71. The third kappa shape index (κ3) is 3.96. The first-order valence-corrected chi connectivity index (χ1v) is 9.55. The van der Waals surface area contributed by atoms with Gasteiger partial charge in [-0.2, -0.15) is 0 Å². The number of anilines is 1. The number of H-pyrrole nitrogens is 1. The molecule has 0 aliphatic carbocycles. The zero-order valence-electron chi connectivity index (χ0n) is 15.9. The fourth-order valence-electron chi connectivity index (χ4n) is 3.45. The maximum absolute atomic E-state index is 6.31. The number of nitrogens with two attached hydrogens (primary N) is 1. The van der Waals surface area contributed by atoms with E-state index >= 15 is 0 Å². The lowest BCUT2D eigenvalue weighted by molar-refractivity contribution is 0.727. The standard InChI is InChI=1S/C22H24N6/c1-16-7-6-14-28(16)21-11-5-10-20(27-21)26-19(22-24-12-13-25-22)15-18(23)17-8-3-2-4-9-17/h2-5,8-13,15-16H,6-7,14,23H2,1H3,(H,24,25)/b18-15-,26-19?. The van der Waals surface area contributed by atoms with Gasteiger partial charge in [-0.1, -0.05) is 36.4 Å². The third-order valence-electron chi connectivity index (χ3n) is 4.94. The Kier molecular flexibility index (Phi) is 5.19. The molecule has 0 bridgehead atoms. The van der Waals surface area contributed by atoms with Crippen LogP contribution in [0.2, 0.25) is 0 Å². The number of rotatable bonds is 5. The molecule has 1 atom stereocenters. The molecule has 0 radical (unpaired) electrons. The normalized spacial score (nSPS) is 17.9. The Morgan fingerprint density at radius 3 is 2.79 bits per heavy atom. The van der Waals surface area contributed by atoms with Crippen LogP contribution in [0, 0.1) is 0 Å². The molecule has 0 saturated carbocycles. The van der Waals surface area contributed by atoms with Crippen molar-refractivity contribution < 1.29 is 0 Å². The van der Waals surface area contributed by atoms with E-state index in [0.717, 1.165) is 17.9 Å². The fourth-order valence-corrected chi connectivity index (χ4v) is 3.45. The second-order valence-corrected chi connectivity index (χ2v) is 6.94. The van der Waals surface area contributed by atoms with E-state index in [1.807, 2.05) is 54.6 Å². The summed E-state index contributed by atoms with van der Waals surface area (Å²) >= 11 is 0. The lowest BCUT2D eigenvalue weighted by Gasteiger charge is -2.22. The molecule has 1 unspecified atom stereocenters. The molecular formula is C22H24N6. The average molecular weight is 372 g/mol. The van der Waals surface area contributed by atoms with Gasteiger partial charge in [-0.15, -0.1) is 0 Å². The summed E-state index contributed by atoms with van der Waals surface area (Å²) in [6.45, 7) is 3.27. The molecule has 1 fully saturated rings. The van der Waals surface area contributed by atoms with E-state index < -0.39 is 0 Å². The minimum absolute atomic E-state index is 0.505. The van der Waals surface area contributed by atoms with E-state index in [2.05, 4.69) is 21.8 Å². The summed E-state index contributed by atoms with van der Waals surface area (Å²) in [6, 6.07) is 16.3. The van der Waals surface area contributed by atoms with Crippen molar-refractivity contribution in [1.29, 1.82) is 0 Å². The first-order valence-electron chi connectivity index (χ1n) is 9.55. The number of hydrogen-bond donors (Lipinski definition) is 2. The largest absolute Gasteiger partial charge is 0.398 e. The van der Waals surface area contributed by atoms with Crippen LogP contribution in [0.15, 0.2) is 72.0 Å². The summed E-state index contributed by atoms with van der Waals surface area (Å²) < 4.78 is 0. The molecule has 2 aromatic heterocycles. The van der Waals surface area contributed by atoms with E-state index in [0.29, 0.717) is 29.1 Å². The van der Waals surface area contributed by atoms with Crippen LogP contribution in [0.5, 0.6) is 0 Å². The molecule has 0 amide bonds. The number of imidazole rings is 1. The van der Waals surface area contributed by atoms with E-state index in [1.54, 1.807) is 12.4 Å². The molecule has 3 heterocycles. The van der Waals surface area contributed by atoms with Crippen LogP contribution in [-0.4, -0.2) is 33.3 Å². The summed E-state index contributed by atoms with van der Waals surface area (Å²) in [4.78, 5) is 19.3. The van der Waals surface area contributed by atoms with Gasteiger partial charge < -0.3 is 15.6 Å². The number of allylic oxidation sites excluding steroid dienone is 1. The van der Waals surface area contributed by atoms with E-state index in [9.17, 15) is 0 Å². The quantitative estimate of drug-likeness (QED) is 0.665. The molecule has 0 spiro atoms. The predicted octanol–water partition coefficient (Wildman–Crippen LogP) is 3.91. The molecule has 4 rings (SSSR count). The van der Waals surface area contributed by atoms with Crippen LogP contribution in [0.4, 0.5) is 11.6 Å². The van der Waals surface area contributed by atoms with Crippen molar-refractivity contribution in [2.45, 2.75) is 25.8 Å². The summed E-state index contributed by atoms with van der Waals surface area (Å²) in [7, 11) is 0. The second kappa shape index (κ2) is 8.08. The van der Waals surface area contributed by atoms with E-state index in [-0.39, 0.29) is 0 Å². The summed E-state index contributed by atoms with van der Waals surface area (Å²) in [5.74, 6) is 2.26. The van der Waals surface area contributed by atoms with Gasteiger partial charge in [-0.05, 0) is 43.5 Å². The van der Waals surface area contributed by atoms with Gasteiger partial charge in [0, 0.05) is 30.7 Å². The first-order chi connectivity index (χ1) is 13.7. The zero-order valence-corrected chi connectivity index (χ0v) is 15.9. The fraction of sp³-hybridized carbons (Fsp3) is 0.227. The highest BCUT2D eigenvalue weighted by atomic mass is 15.2. The number of hydrogen-bond acceptors (Lipinski definition) is 5. The SMILES string of the molecule is CC1CCCN1c1cccc(N=C(/C=C(\N)c2ccccc2)c2ncc[nH]2)n1. The van der Waals surface area contributed by atoms with Crippen molar-refractivity contribution in [2.75, 3.05) is 11.4 Å². The van der Waals surface area contributed by atoms with E-state index in [1.165, 1.54) is 12.8 Å². The maximum atomic E-state index is 6.31. The van der Waals surface area contributed by atoms with Crippen molar-refractivity contribution >= 4 is 23.0 Å². The molecule has 1 aliphatic heterocycles. The molecule has 1 saturated heterocycles. The zero-order chi connectivity index (χ0) is 19.3. The average Bonchev–Trinajstić information content (AvgIpc) is 3.40. The van der Waals surface area contributed by atoms with Crippen molar-refractivity contribution in [3.63, 3.8) is 0 Å². The number of aromatic amines is 1. The molecular weight excluding hydrogens is 348 g/mol. The van der Waals surface area contributed by atoms with Crippen molar-refractivity contribution in [1.82, 2.24) is 15.0 Å². The smallest absolute Gasteiger partial charge is 0.156 e. The molecule has 28 heavy (non-hydrogen) atoms. The third-order valence-corrected chi connectivity index (χ3v) is 4.94. The minimum atomic E-state index is 0.505. The highest BCUT2D eigenvalue weighted by molar-refractivity contribution is 6.10. The second-order valence-electron chi connectivity index (χ2n) is 6.94. The monoisotopic (exact) mass is 372 g/mol. The van der Waals surface area contributed by atoms with Crippen LogP contribution in [-0.2, 0) is 0 Å². The van der Waals surface area contributed by atoms with Gasteiger partial charge in [-0.3, -0.25) is 0 Å².